The van der Waals surface area contributed by atoms with Crippen molar-refractivity contribution in [1.82, 2.24) is 4.72 Å². The van der Waals surface area contributed by atoms with Crippen molar-refractivity contribution in [1.29, 1.82) is 0 Å². The van der Waals surface area contributed by atoms with Crippen molar-refractivity contribution in [3.05, 3.63) is 24.3 Å². The molecule has 2 rings (SSSR count). The van der Waals surface area contributed by atoms with Crippen LogP contribution in [0.3, 0.4) is 0 Å². The van der Waals surface area contributed by atoms with Gasteiger partial charge in [-0.3, -0.25) is 4.79 Å². The van der Waals surface area contributed by atoms with Gasteiger partial charge in [-0.1, -0.05) is 13.3 Å². The molecule has 122 valence electrons. The fourth-order valence-corrected chi connectivity index (χ4v) is 4.05. The number of carbonyl (C=O) groups is 1. The van der Waals surface area contributed by atoms with E-state index in [2.05, 4.69) is 10.0 Å². The molecular weight excluding hydrogens is 302 g/mol. The van der Waals surface area contributed by atoms with Crippen molar-refractivity contribution in [2.24, 2.45) is 11.7 Å². The lowest BCUT2D eigenvalue weighted by atomic mass is 10.1. The lowest BCUT2D eigenvalue weighted by Crippen LogP contribution is -2.39. The molecule has 0 bridgehead atoms. The quantitative estimate of drug-likeness (QED) is 0.736. The van der Waals surface area contributed by atoms with Crippen LogP contribution in [0.1, 0.15) is 32.6 Å². The molecule has 0 aliphatic heterocycles. The molecule has 1 aliphatic carbocycles. The zero-order valence-electron chi connectivity index (χ0n) is 12.7. The number of rotatable bonds is 6. The van der Waals surface area contributed by atoms with E-state index in [0.29, 0.717) is 18.7 Å². The van der Waals surface area contributed by atoms with E-state index in [-0.39, 0.29) is 22.8 Å². The van der Waals surface area contributed by atoms with Gasteiger partial charge in [0.05, 0.1) is 4.90 Å². The molecule has 1 amide bonds. The van der Waals surface area contributed by atoms with Crippen LogP contribution in [-0.2, 0) is 14.8 Å². The number of hydrogen-bond donors (Lipinski definition) is 3. The summed E-state index contributed by atoms with van der Waals surface area (Å²) in [5, 5.41) is 2.69. The molecule has 1 aliphatic rings. The van der Waals surface area contributed by atoms with Crippen LogP contribution in [0.4, 0.5) is 5.69 Å². The minimum Gasteiger partial charge on any atom is -0.330 e. The summed E-state index contributed by atoms with van der Waals surface area (Å²) in [6.45, 7) is 2.25. The fraction of sp³-hybridized carbons (Fsp3) is 0.533. The van der Waals surface area contributed by atoms with Crippen LogP contribution in [0.15, 0.2) is 29.2 Å². The molecule has 2 atom stereocenters. The van der Waals surface area contributed by atoms with E-state index in [1.165, 1.54) is 12.1 Å². The van der Waals surface area contributed by atoms with Crippen LogP contribution in [0, 0.1) is 5.92 Å². The lowest BCUT2D eigenvalue weighted by Gasteiger charge is -2.19. The van der Waals surface area contributed by atoms with Crippen LogP contribution in [0.5, 0.6) is 0 Å². The van der Waals surface area contributed by atoms with Crippen LogP contribution in [0.2, 0.25) is 0 Å². The van der Waals surface area contributed by atoms with E-state index < -0.39 is 10.0 Å². The third-order valence-corrected chi connectivity index (χ3v) is 5.54. The van der Waals surface area contributed by atoms with Gasteiger partial charge in [-0.05, 0) is 49.6 Å². The first-order chi connectivity index (χ1) is 10.5. The monoisotopic (exact) mass is 325 g/mol. The highest BCUT2D eigenvalue weighted by molar-refractivity contribution is 7.89. The standard InChI is InChI=1S/C15H23N3O3S/c1-2-15(19)17-12-6-8-13(9-7-12)22(20,21)18-14-5-3-4-11(14)10-16/h6-9,11,14,18H,2-5,10,16H2,1H3,(H,17,19). The van der Waals surface area contributed by atoms with Gasteiger partial charge < -0.3 is 11.1 Å². The first kappa shape index (κ1) is 16.9. The van der Waals surface area contributed by atoms with Crippen molar-refractivity contribution < 1.29 is 13.2 Å². The highest BCUT2D eigenvalue weighted by Gasteiger charge is 2.30. The molecule has 0 heterocycles. The van der Waals surface area contributed by atoms with Crippen molar-refractivity contribution in [2.45, 2.75) is 43.5 Å². The van der Waals surface area contributed by atoms with Gasteiger partial charge in [0.2, 0.25) is 15.9 Å². The number of benzene rings is 1. The molecule has 2 unspecified atom stereocenters. The van der Waals surface area contributed by atoms with Crippen molar-refractivity contribution >= 4 is 21.6 Å². The summed E-state index contributed by atoms with van der Waals surface area (Å²) in [7, 11) is -3.56. The molecule has 6 nitrogen and oxygen atoms in total. The van der Waals surface area contributed by atoms with Gasteiger partial charge >= 0.3 is 0 Å². The number of nitrogens with two attached hydrogens (primary N) is 1. The number of anilines is 1. The fourth-order valence-electron chi connectivity index (χ4n) is 2.71. The Morgan fingerprint density at radius 3 is 2.55 bits per heavy atom. The summed E-state index contributed by atoms with van der Waals surface area (Å²) in [4.78, 5) is 11.5. The predicted molar refractivity (Wildman–Crippen MR) is 85.9 cm³/mol. The molecule has 1 aromatic rings. The Balaban J connectivity index is 2.07. The number of amides is 1. The largest absolute Gasteiger partial charge is 0.330 e. The zero-order valence-corrected chi connectivity index (χ0v) is 13.5. The van der Waals surface area contributed by atoms with E-state index >= 15 is 0 Å². The highest BCUT2D eigenvalue weighted by atomic mass is 32.2. The van der Waals surface area contributed by atoms with Gasteiger partial charge in [0.1, 0.15) is 0 Å². The number of nitrogens with one attached hydrogen (secondary N) is 2. The highest BCUT2D eigenvalue weighted by Crippen LogP contribution is 2.26. The Morgan fingerprint density at radius 2 is 1.95 bits per heavy atom. The van der Waals surface area contributed by atoms with E-state index in [1.54, 1.807) is 19.1 Å². The Hall–Kier alpha value is -1.44. The molecule has 1 aromatic carbocycles. The van der Waals surface area contributed by atoms with Gasteiger partial charge in [0, 0.05) is 18.2 Å². The van der Waals surface area contributed by atoms with E-state index in [0.717, 1.165) is 19.3 Å². The minimum absolute atomic E-state index is 0.0885. The summed E-state index contributed by atoms with van der Waals surface area (Å²) in [6.07, 6.45) is 3.16. The van der Waals surface area contributed by atoms with Crippen molar-refractivity contribution in [3.63, 3.8) is 0 Å². The first-order valence-electron chi connectivity index (χ1n) is 7.58. The normalized spacial score (nSPS) is 21.7. The maximum absolute atomic E-state index is 12.4. The van der Waals surface area contributed by atoms with Crippen LogP contribution in [-0.4, -0.2) is 26.9 Å². The summed E-state index contributed by atoms with van der Waals surface area (Å²) in [5.41, 5.74) is 6.28. The van der Waals surface area contributed by atoms with Gasteiger partial charge in [0.25, 0.3) is 0 Å². The smallest absolute Gasteiger partial charge is 0.240 e. The van der Waals surface area contributed by atoms with Crippen molar-refractivity contribution in [3.8, 4) is 0 Å². The zero-order chi connectivity index (χ0) is 16.2. The van der Waals surface area contributed by atoms with E-state index in [1.807, 2.05) is 0 Å². The molecule has 1 fully saturated rings. The van der Waals surface area contributed by atoms with Crippen LogP contribution in [0.25, 0.3) is 0 Å². The molecule has 0 radical (unpaired) electrons. The van der Waals surface area contributed by atoms with Gasteiger partial charge in [-0.15, -0.1) is 0 Å². The lowest BCUT2D eigenvalue weighted by molar-refractivity contribution is -0.115. The average Bonchev–Trinajstić information content (AvgIpc) is 2.94. The third kappa shape index (κ3) is 4.06. The minimum atomic E-state index is -3.56. The molecule has 4 N–H and O–H groups in total. The topological polar surface area (TPSA) is 101 Å². The number of carbonyl (C=O) groups excluding carboxylic acids is 1. The second-order valence-electron chi connectivity index (χ2n) is 5.58. The Labute approximate surface area is 131 Å². The Morgan fingerprint density at radius 1 is 1.27 bits per heavy atom. The SMILES string of the molecule is CCC(=O)Nc1ccc(S(=O)(=O)NC2CCCC2CN)cc1. The predicted octanol–water partition coefficient (Wildman–Crippen LogP) is 1.44. The molecule has 7 heteroatoms. The summed E-state index contributed by atoms with van der Waals surface area (Å²) in [5.74, 6) is 0.100. The summed E-state index contributed by atoms with van der Waals surface area (Å²) >= 11 is 0. The molecule has 1 saturated carbocycles. The number of hydrogen-bond acceptors (Lipinski definition) is 4. The van der Waals surface area contributed by atoms with Crippen LogP contribution >= 0.6 is 0 Å². The second kappa shape index (κ2) is 7.21. The second-order valence-corrected chi connectivity index (χ2v) is 7.29. The molecule has 0 saturated heterocycles. The third-order valence-electron chi connectivity index (χ3n) is 4.04. The van der Waals surface area contributed by atoms with Crippen LogP contribution < -0.4 is 15.8 Å². The summed E-state index contributed by atoms with van der Waals surface area (Å²) < 4.78 is 27.5. The van der Waals surface area contributed by atoms with Gasteiger partial charge in [0.15, 0.2) is 0 Å². The molecule has 0 aromatic heterocycles. The van der Waals surface area contributed by atoms with E-state index in [9.17, 15) is 13.2 Å². The summed E-state index contributed by atoms with van der Waals surface area (Å²) in [6, 6.07) is 6.10. The van der Waals surface area contributed by atoms with Crippen molar-refractivity contribution in [2.75, 3.05) is 11.9 Å². The average molecular weight is 325 g/mol. The molecule has 22 heavy (non-hydrogen) atoms. The Bertz CT molecular complexity index is 613. The Kier molecular flexibility index (Phi) is 5.55. The molecule has 0 spiro atoms. The van der Waals surface area contributed by atoms with E-state index in [4.69, 9.17) is 5.73 Å². The van der Waals surface area contributed by atoms with Gasteiger partial charge in [-0.25, -0.2) is 13.1 Å². The maximum atomic E-state index is 12.4. The van der Waals surface area contributed by atoms with Gasteiger partial charge in [-0.2, -0.15) is 0 Å². The number of sulfonamides is 1. The molecular formula is C15H23N3O3S. The maximum Gasteiger partial charge on any atom is 0.240 e. The first-order valence-corrected chi connectivity index (χ1v) is 9.07.